The Labute approximate surface area is 163 Å². The van der Waals surface area contributed by atoms with Crippen molar-refractivity contribution in [1.29, 1.82) is 0 Å². The minimum absolute atomic E-state index is 0.123. The number of aromatic carboxylic acids is 1. The zero-order chi connectivity index (χ0) is 19.6. The van der Waals surface area contributed by atoms with E-state index in [1.807, 2.05) is 43.0 Å². The summed E-state index contributed by atoms with van der Waals surface area (Å²) in [4.78, 5) is 25.9. The van der Waals surface area contributed by atoms with Gasteiger partial charge in [-0.1, -0.05) is 37.6 Å². The molecule has 1 amide bonds. The van der Waals surface area contributed by atoms with E-state index < -0.39 is 11.4 Å². The monoisotopic (exact) mass is 389 g/mol. The molecule has 0 radical (unpaired) electrons. The fraction of sp³-hybridized carbons (Fsp3) is 0.450. The molecule has 2 heterocycles. The Morgan fingerprint density at radius 1 is 1.30 bits per heavy atom. The van der Waals surface area contributed by atoms with E-state index in [0.717, 1.165) is 18.4 Å². The molecule has 0 atom stereocenters. The number of nitrogens with zero attached hydrogens (tertiary/aromatic N) is 3. The van der Waals surface area contributed by atoms with Crippen molar-refractivity contribution >= 4 is 23.5 Å². The van der Waals surface area contributed by atoms with Crippen LogP contribution in [0.2, 0.25) is 5.02 Å². The van der Waals surface area contributed by atoms with Gasteiger partial charge in [0.1, 0.15) is 0 Å². The average molecular weight is 390 g/mol. The van der Waals surface area contributed by atoms with Crippen LogP contribution in [0.5, 0.6) is 0 Å². The smallest absolute Gasteiger partial charge is 0.338 e. The summed E-state index contributed by atoms with van der Waals surface area (Å²) >= 11 is 6.06. The van der Waals surface area contributed by atoms with Crippen LogP contribution < -0.4 is 0 Å². The normalized spacial score (nSPS) is 15.7. The van der Waals surface area contributed by atoms with Crippen LogP contribution in [0.25, 0.3) is 0 Å². The maximum absolute atomic E-state index is 13.0. The van der Waals surface area contributed by atoms with Crippen LogP contribution in [0.15, 0.2) is 36.7 Å². The van der Waals surface area contributed by atoms with Crippen molar-refractivity contribution in [3.05, 3.63) is 52.8 Å². The number of amides is 1. The first-order valence-corrected chi connectivity index (χ1v) is 9.45. The van der Waals surface area contributed by atoms with Crippen LogP contribution >= 0.6 is 11.6 Å². The van der Waals surface area contributed by atoms with E-state index in [1.165, 1.54) is 6.20 Å². The number of carbonyl (C=O) groups excluding carboxylic acids is 1. The number of carboxylic acids is 1. The van der Waals surface area contributed by atoms with Crippen LogP contribution in [0.4, 0.5) is 0 Å². The molecule has 27 heavy (non-hydrogen) atoms. The van der Waals surface area contributed by atoms with Crippen LogP contribution in [-0.4, -0.2) is 44.8 Å². The molecule has 144 valence electrons. The van der Waals surface area contributed by atoms with Gasteiger partial charge in [-0.15, -0.1) is 0 Å². The molecule has 1 aliphatic heterocycles. The molecule has 1 fully saturated rings. The molecule has 1 N–H and O–H groups in total. The first-order valence-electron chi connectivity index (χ1n) is 9.07. The maximum Gasteiger partial charge on any atom is 0.338 e. The molecular weight excluding hydrogens is 366 g/mol. The summed E-state index contributed by atoms with van der Waals surface area (Å²) < 4.78 is 1.71. The molecular formula is C20H24ClN3O3. The number of benzene rings is 1. The third kappa shape index (κ3) is 4.50. The quantitative estimate of drug-likeness (QED) is 0.846. The van der Waals surface area contributed by atoms with Crippen LogP contribution in [0.1, 0.15) is 48.7 Å². The van der Waals surface area contributed by atoms with Crippen molar-refractivity contribution in [3.63, 3.8) is 0 Å². The zero-order valence-electron chi connectivity index (χ0n) is 15.6. The summed E-state index contributed by atoms with van der Waals surface area (Å²) in [5, 5.41) is 13.9. The zero-order valence-corrected chi connectivity index (χ0v) is 16.3. The third-order valence-electron chi connectivity index (χ3n) is 5.09. The highest BCUT2D eigenvalue weighted by atomic mass is 35.5. The molecule has 6 nitrogen and oxygen atoms in total. The van der Waals surface area contributed by atoms with E-state index in [9.17, 15) is 9.59 Å². The molecule has 1 aromatic carbocycles. The molecule has 0 unspecified atom stereocenters. The predicted octanol–water partition coefficient (Wildman–Crippen LogP) is 3.67. The summed E-state index contributed by atoms with van der Waals surface area (Å²) in [5.74, 6) is -0.843. The van der Waals surface area contributed by atoms with E-state index in [1.54, 1.807) is 10.9 Å². The lowest BCUT2D eigenvalue weighted by Gasteiger charge is -2.37. The van der Waals surface area contributed by atoms with Gasteiger partial charge in [0.05, 0.1) is 17.8 Å². The fourth-order valence-electron chi connectivity index (χ4n) is 3.64. The molecule has 0 spiro atoms. The topological polar surface area (TPSA) is 75.4 Å². The Kier molecular flexibility index (Phi) is 5.56. The second-order valence-corrected chi connectivity index (χ2v) is 8.16. The highest BCUT2D eigenvalue weighted by Gasteiger charge is 2.34. The van der Waals surface area contributed by atoms with Gasteiger partial charge in [0, 0.05) is 29.7 Å². The fourth-order valence-corrected chi connectivity index (χ4v) is 3.86. The number of aromatic nitrogens is 2. The Bertz CT molecular complexity index is 839. The molecule has 0 aliphatic carbocycles. The van der Waals surface area contributed by atoms with Gasteiger partial charge < -0.3 is 10.0 Å². The van der Waals surface area contributed by atoms with Crippen LogP contribution in [0, 0.1) is 5.41 Å². The maximum atomic E-state index is 13.0. The van der Waals surface area contributed by atoms with Crippen LogP contribution in [-0.2, 0) is 11.2 Å². The number of carboxylic acid groups (broad SMARTS) is 1. The standard InChI is InChI=1S/C20H24ClN3O3/c1-20(2,11-14-4-3-5-16(21)10-14)19(27)23-8-6-17(7-9-23)24-13-15(12-22-24)18(25)26/h3-5,10,12-13,17H,6-9,11H2,1-2H3,(H,25,26). The number of piperidine rings is 1. The highest BCUT2D eigenvalue weighted by Crippen LogP contribution is 2.29. The Balaban J connectivity index is 1.60. The van der Waals surface area contributed by atoms with Gasteiger partial charge >= 0.3 is 5.97 Å². The van der Waals surface area contributed by atoms with Crippen molar-refractivity contribution in [3.8, 4) is 0 Å². The third-order valence-corrected chi connectivity index (χ3v) is 5.32. The Morgan fingerprint density at radius 2 is 2.00 bits per heavy atom. The lowest BCUT2D eigenvalue weighted by atomic mass is 9.83. The number of halogens is 1. The molecule has 3 rings (SSSR count). The summed E-state index contributed by atoms with van der Waals surface area (Å²) in [5.41, 5.74) is 0.726. The van der Waals surface area contributed by atoms with E-state index in [2.05, 4.69) is 5.10 Å². The van der Waals surface area contributed by atoms with Gasteiger partial charge in [-0.2, -0.15) is 5.10 Å². The number of hydrogen-bond acceptors (Lipinski definition) is 3. The Hall–Kier alpha value is -2.34. The van der Waals surface area contributed by atoms with Crippen molar-refractivity contribution < 1.29 is 14.7 Å². The van der Waals surface area contributed by atoms with Gasteiger partial charge in [0.15, 0.2) is 0 Å². The van der Waals surface area contributed by atoms with Gasteiger partial charge in [-0.3, -0.25) is 9.48 Å². The highest BCUT2D eigenvalue weighted by molar-refractivity contribution is 6.30. The van der Waals surface area contributed by atoms with E-state index >= 15 is 0 Å². The molecule has 2 aromatic rings. The number of carbonyl (C=O) groups is 2. The molecule has 0 saturated carbocycles. The number of rotatable bonds is 5. The summed E-state index contributed by atoms with van der Waals surface area (Å²) in [6.07, 6.45) is 5.09. The van der Waals surface area contributed by atoms with Crippen molar-refractivity contribution in [2.45, 2.75) is 39.2 Å². The summed E-state index contributed by atoms with van der Waals surface area (Å²) in [6.45, 7) is 5.22. The van der Waals surface area contributed by atoms with E-state index in [4.69, 9.17) is 16.7 Å². The molecule has 1 aromatic heterocycles. The van der Waals surface area contributed by atoms with Gasteiger partial charge in [0.2, 0.25) is 5.91 Å². The second-order valence-electron chi connectivity index (χ2n) is 7.73. The molecule has 1 saturated heterocycles. The molecule has 7 heteroatoms. The second kappa shape index (κ2) is 7.72. The largest absolute Gasteiger partial charge is 0.478 e. The SMILES string of the molecule is CC(C)(Cc1cccc(Cl)c1)C(=O)N1CCC(n2cc(C(=O)O)cn2)CC1. The molecule has 1 aliphatic rings. The van der Waals surface area contributed by atoms with E-state index in [0.29, 0.717) is 24.5 Å². The first kappa shape index (κ1) is 19.4. The van der Waals surface area contributed by atoms with Gasteiger partial charge in [-0.25, -0.2) is 4.79 Å². The minimum atomic E-state index is -0.975. The lowest BCUT2D eigenvalue weighted by molar-refractivity contribution is -0.141. The van der Waals surface area contributed by atoms with E-state index in [-0.39, 0.29) is 17.5 Å². The lowest BCUT2D eigenvalue weighted by Crippen LogP contribution is -2.46. The van der Waals surface area contributed by atoms with Crippen molar-refractivity contribution in [2.24, 2.45) is 5.41 Å². The Morgan fingerprint density at radius 3 is 2.59 bits per heavy atom. The predicted molar refractivity (Wildman–Crippen MR) is 103 cm³/mol. The van der Waals surface area contributed by atoms with Crippen LogP contribution in [0.3, 0.4) is 0 Å². The van der Waals surface area contributed by atoms with Gasteiger partial charge in [0.25, 0.3) is 0 Å². The molecule has 0 bridgehead atoms. The van der Waals surface area contributed by atoms with Crippen molar-refractivity contribution in [1.82, 2.24) is 14.7 Å². The minimum Gasteiger partial charge on any atom is -0.478 e. The first-order chi connectivity index (χ1) is 12.8. The average Bonchev–Trinajstić information content (AvgIpc) is 3.11. The number of hydrogen-bond donors (Lipinski definition) is 1. The summed E-state index contributed by atoms with van der Waals surface area (Å²) in [6, 6.07) is 7.75. The van der Waals surface area contributed by atoms with Crippen molar-refractivity contribution in [2.75, 3.05) is 13.1 Å². The van der Waals surface area contributed by atoms with Gasteiger partial charge in [-0.05, 0) is 37.0 Å². The number of likely N-dealkylation sites (tertiary alicyclic amines) is 1. The summed E-state index contributed by atoms with van der Waals surface area (Å²) in [7, 11) is 0.